The molecule has 0 spiro atoms. The molecule has 0 radical (unpaired) electrons. The van der Waals surface area contributed by atoms with E-state index in [1.165, 1.54) is 33.0 Å². The highest BCUT2D eigenvalue weighted by Gasteiger charge is 2.21. The molecule has 0 aliphatic heterocycles. The molecule has 0 unspecified atom stereocenters. The van der Waals surface area contributed by atoms with E-state index in [0.717, 1.165) is 17.6 Å². The van der Waals surface area contributed by atoms with Crippen LogP contribution >= 0.6 is 0 Å². The van der Waals surface area contributed by atoms with Crippen molar-refractivity contribution in [2.45, 2.75) is 13.3 Å². The highest BCUT2D eigenvalue weighted by Crippen LogP contribution is 2.40. The highest BCUT2D eigenvalue weighted by molar-refractivity contribution is 6.02. The minimum atomic E-state index is 0.906. The van der Waals surface area contributed by atoms with Crippen LogP contribution in [0, 0.1) is 6.92 Å². The second-order valence-corrected chi connectivity index (χ2v) is 5.28. The van der Waals surface area contributed by atoms with Gasteiger partial charge in [0.1, 0.15) is 0 Å². The molecular weight excluding hydrogens is 240 g/mol. The molecule has 2 aromatic rings. The van der Waals surface area contributed by atoms with Gasteiger partial charge < -0.3 is 0 Å². The molecule has 1 aliphatic carbocycles. The topological polar surface area (TPSA) is 0 Å². The Balaban J connectivity index is 2.39. The van der Waals surface area contributed by atoms with E-state index in [0.29, 0.717) is 0 Å². The summed E-state index contributed by atoms with van der Waals surface area (Å²) in [6.45, 7) is 14.3. The van der Waals surface area contributed by atoms with E-state index >= 15 is 0 Å². The van der Waals surface area contributed by atoms with E-state index in [2.05, 4.69) is 57.0 Å². The summed E-state index contributed by atoms with van der Waals surface area (Å²) < 4.78 is 0. The van der Waals surface area contributed by atoms with Gasteiger partial charge in [-0.1, -0.05) is 62.2 Å². The summed E-state index contributed by atoms with van der Waals surface area (Å²) in [6, 6.07) is 10.8. The van der Waals surface area contributed by atoms with Crippen molar-refractivity contribution in [2.24, 2.45) is 0 Å². The number of allylic oxidation sites excluding steroid dienone is 5. The van der Waals surface area contributed by atoms with Crippen LogP contribution in [0.25, 0.3) is 16.3 Å². The fraction of sp³-hybridized carbons (Fsp3) is 0.100. The van der Waals surface area contributed by atoms with Crippen LogP contribution in [-0.2, 0) is 6.42 Å². The number of hydrogen-bond donors (Lipinski definition) is 0. The van der Waals surface area contributed by atoms with Gasteiger partial charge >= 0.3 is 0 Å². The fourth-order valence-electron chi connectivity index (χ4n) is 3.16. The van der Waals surface area contributed by atoms with Gasteiger partial charge in [-0.3, -0.25) is 0 Å². The van der Waals surface area contributed by atoms with Crippen LogP contribution < -0.4 is 0 Å². The summed E-state index contributed by atoms with van der Waals surface area (Å²) in [5.41, 5.74) is 7.31. The average molecular weight is 258 g/mol. The van der Waals surface area contributed by atoms with Gasteiger partial charge in [-0.25, -0.2) is 0 Å². The van der Waals surface area contributed by atoms with Gasteiger partial charge in [0.25, 0.3) is 0 Å². The van der Waals surface area contributed by atoms with Crippen LogP contribution in [0.15, 0.2) is 73.4 Å². The summed E-state index contributed by atoms with van der Waals surface area (Å²) in [7, 11) is 0. The van der Waals surface area contributed by atoms with E-state index < -0.39 is 0 Å². The van der Waals surface area contributed by atoms with Gasteiger partial charge in [-0.15, -0.1) is 0 Å². The Morgan fingerprint density at radius 1 is 1.05 bits per heavy atom. The summed E-state index contributed by atoms with van der Waals surface area (Å²) >= 11 is 0. The fourth-order valence-corrected chi connectivity index (χ4v) is 3.16. The molecular formula is C20H18. The predicted molar refractivity (Wildman–Crippen MR) is 88.8 cm³/mol. The third kappa shape index (κ3) is 1.69. The average Bonchev–Trinajstić information content (AvgIpc) is 2.46. The lowest BCUT2D eigenvalue weighted by molar-refractivity contribution is 1.15. The van der Waals surface area contributed by atoms with E-state index in [1.807, 2.05) is 12.2 Å². The quantitative estimate of drug-likeness (QED) is 0.677. The molecule has 3 rings (SSSR count). The van der Waals surface area contributed by atoms with Crippen molar-refractivity contribution >= 4 is 16.3 Å². The molecule has 2 aromatic carbocycles. The minimum Gasteiger partial charge on any atom is -0.0988 e. The zero-order chi connectivity index (χ0) is 14.3. The number of rotatable bonds is 2. The van der Waals surface area contributed by atoms with Gasteiger partial charge in [0.15, 0.2) is 0 Å². The van der Waals surface area contributed by atoms with Crippen LogP contribution in [0.3, 0.4) is 0 Å². The van der Waals surface area contributed by atoms with Gasteiger partial charge in [-0.2, -0.15) is 0 Å². The monoisotopic (exact) mass is 258 g/mol. The Kier molecular flexibility index (Phi) is 2.94. The minimum absolute atomic E-state index is 0.906. The van der Waals surface area contributed by atoms with Crippen molar-refractivity contribution in [1.82, 2.24) is 0 Å². The lowest BCUT2D eigenvalue weighted by Crippen LogP contribution is -2.06. The first-order chi connectivity index (χ1) is 9.67. The Morgan fingerprint density at radius 2 is 1.85 bits per heavy atom. The second-order valence-electron chi connectivity index (χ2n) is 5.28. The van der Waals surface area contributed by atoms with Crippen LogP contribution in [0.4, 0.5) is 0 Å². The SMILES string of the molecule is C=CC1=C(C=C)C(=C)c2c(ccc3cccc(C)c23)C1. The van der Waals surface area contributed by atoms with Crippen molar-refractivity contribution in [3.05, 3.63) is 90.1 Å². The van der Waals surface area contributed by atoms with Crippen molar-refractivity contribution in [3.63, 3.8) is 0 Å². The summed E-state index contributed by atoms with van der Waals surface area (Å²) in [6.07, 6.45) is 4.73. The van der Waals surface area contributed by atoms with Crippen molar-refractivity contribution in [1.29, 1.82) is 0 Å². The van der Waals surface area contributed by atoms with Gasteiger partial charge in [-0.05, 0) is 57.5 Å². The lowest BCUT2D eigenvalue weighted by Gasteiger charge is -2.24. The molecule has 98 valence electrons. The van der Waals surface area contributed by atoms with Gasteiger partial charge in [0.2, 0.25) is 0 Å². The molecule has 0 bridgehead atoms. The first-order valence-corrected chi connectivity index (χ1v) is 6.86. The maximum absolute atomic E-state index is 4.32. The molecule has 0 N–H and O–H groups in total. The van der Waals surface area contributed by atoms with Gasteiger partial charge in [0.05, 0.1) is 0 Å². The maximum atomic E-state index is 4.32. The van der Waals surface area contributed by atoms with Gasteiger partial charge in [0, 0.05) is 0 Å². The van der Waals surface area contributed by atoms with Crippen LogP contribution in [-0.4, -0.2) is 0 Å². The van der Waals surface area contributed by atoms with Crippen LogP contribution in [0.1, 0.15) is 16.7 Å². The molecule has 1 aliphatic rings. The van der Waals surface area contributed by atoms with E-state index in [1.54, 1.807) is 0 Å². The first kappa shape index (κ1) is 12.7. The lowest BCUT2D eigenvalue weighted by atomic mass is 9.79. The summed E-state index contributed by atoms with van der Waals surface area (Å²) in [4.78, 5) is 0. The smallest absolute Gasteiger partial charge is 0.00134 e. The molecule has 0 saturated heterocycles. The molecule has 0 heteroatoms. The molecule has 0 aromatic heterocycles. The maximum Gasteiger partial charge on any atom is -0.00134 e. The van der Waals surface area contributed by atoms with Crippen LogP contribution in [0.5, 0.6) is 0 Å². The van der Waals surface area contributed by atoms with Crippen molar-refractivity contribution in [3.8, 4) is 0 Å². The Morgan fingerprint density at radius 3 is 2.55 bits per heavy atom. The number of benzene rings is 2. The number of fused-ring (bicyclic) bond motifs is 3. The Bertz CT molecular complexity index is 785. The summed E-state index contributed by atoms with van der Waals surface area (Å²) in [5.74, 6) is 0. The molecule has 0 heterocycles. The zero-order valence-electron chi connectivity index (χ0n) is 11.9. The standard InChI is InChI=1S/C20H18/c1-5-15-12-17-11-10-16-9-7-8-13(3)19(16)20(17)14(4)18(15)6-2/h5-11H,1-2,4,12H2,3H3. The van der Waals surface area contributed by atoms with E-state index in [9.17, 15) is 0 Å². The number of hydrogen-bond acceptors (Lipinski definition) is 0. The normalized spacial score (nSPS) is 14.3. The largest absolute Gasteiger partial charge is 0.0988 e. The zero-order valence-corrected chi connectivity index (χ0v) is 11.9. The molecule has 0 atom stereocenters. The van der Waals surface area contributed by atoms with Crippen molar-refractivity contribution in [2.75, 3.05) is 0 Å². The molecule has 20 heavy (non-hydrogen) atoms. The molecule has 0 fully saturated rings. The Labute approximate surface area is 120 Å². The van der Waals surface area contributed by atoms with E-state index in [-0.39, 0.29) is 0 Å². The summed E-state index contributed by atoms with van der Waals surface area (Å²) in [5, 5.41) is 2.59. The third-order valence-electron chi connectivity index (χ3n) is 4.14. The van der Waals surface area contributed by atoms with E-state index in [4.69, 9.17) is 0 Å². The first-order valence-electron chi connectivity index (χ1n) is 6.86. The molecule has 0 nitrogen and oxygen atoms in total. The second kappa shape index (κ2) is 4.64. The third-order valence-corrected chi connectivity index (χ3v) is 4.14. The highest BCUT2D eigenvalue weighted by atomic mass is 14.2. The van der Waals surface area contributed by atoms with Crippen LogP contribution in [0.2, 0.25) is 0 Å². The Hall–Kier alpha value is -2.34. The predicted octanol–water partition coefficient (Wildman–Crippen LogP) is 5.39. The van der Waals surface area contributed by atoms with Crippen molar-refractivity contribution < 1.29 is 0 Å². The molecule has 0 amide bonds. The number of aryl methyl sites for hydroxylation is 1. The molecule has 0 saturated carbocycles.